The first kappa shape index (κ1) is 68.2. The topological polar surface area (TPSA) is 304 Å². The number of ether oxygens (including phenoxy) is 2. The van der Waals surface area contributed by atoms with Gasteiger partial charge < -0.3 is 37.8 Å². The monoisotopic (exact) mass is 1290 g/mol. The molecule has 24 nitrogen and oxygen atoms in total. The number of hydrogen-bond donors (Lipinski definition) is 3. The number of benzene rings is 3. The fourth-order valence-electron chi connectivity index (χ4n) is 8.46. The Labute approximate surface area is 529 Å². The Balaban J connectivity index is 0.000000174. The fraction of sp³-hybridized carbons (Fsp3) is 0.359. The summed E-state index contributed by atoms with van der Waals surface area (Å²) in [5.74, 6) is -0.743. The highest BCUT2D eigenvalue weighted by atomic mass is 79.9. The molecule has 7 heterocycles. The van der Waals surface area contributed by atoms with Gasteiger partial charge in [0, 0.05) is 83.8 Å². The van der Waals surface area contributed by atoms with Crippen LogP contribution in [0.25, 0.3) is 56.6 Å². The molecule has 0 saturated carbocycles. The lowest BCUT2D eigenvalue weighted by Crippen LogP contribution is -2.41. The highest BCUT2D eigenvalue weighted by Gasteiger charge is 2.51. The third-order valence-corrected chi connectivity index (χ3v) is 14.5. The van der Waals surface area contributed by atoms with Crippen LogP contribution in [0, 0.1) is 0 Å². The van der Waals surface area contributed by atoms with E-state index in [-0.39, 0.29) is 28.9 Å². The normalized spacial score (nSPS) is 13.2. The van der Waals surface area contributed by atoms with Crippen molar-refractivity contribution in [3.8, 4) is 56.6 Å². The predicted octanol–water partition coefficient (Wildman–Crippen LogP) is 11.4. The molecule has 0 spiro atoms. The van der Waals surface area contributed by atoms with E-state index in [2.05, 4.69) is 56.8 Å². The van der Waals surface area contributed by atoms with E-state index in [0.29, 0.717) is 33.8 Å². The smallest absolute Gasteiger partial charge is 0.444 e. The van der Waals surface area contributed by atoms with Gasteiger partial charge >= 0.3 is 36.6 Å². The minimum absolute atomic E-state index is 0.220. The van der Waals surface area contributed by atoms with Gasteiger partial charge in [0.1, 0.15) is 11.2 Å². The number of pyridine rings is 3. The number of aryl methyl sites for hydroxylation is 6. The van der Waals surface area contributed by atoms with Gasteiger partial charge in [0.15, 0.2) is 0 Å². The Hall–Kier alpha value is -9.27. The van der Waals surface area contributed by atoms with Gasteiger partial charge in [-0.2, -0.15) is 14.0 Å². The first-order valence-corrected chi connectivity index (χ1v) is 29.7. The molecular weight excluding hydrogens is 1220 g/mol. The van der Waals surface area contributed by atoms with Crippen molar-refractivity contribution >= 4 is 57.8 Å². The van der Waals surface area contributed by atoms with E-state index >= 15 is 0 Å². The van der Waals surface area contributed by atoms with Crippen molar-refractivity contribution in [3.05, 3.63) is 163 Å². The molecule has 1 saturated heterocycles. The average molecular weight is 1300 g/mol. The molecule has 6 aromatic heterocycles. The molecule has 0 unspecified atom stereocenters. The van der Waals surface area contributed by atoms with Crippen LogP contribution in [-0.4, -0.2) is 86.0 Å². The minimum atomic E-state index is -0.563. The Morgan fingerprint density at radius 3 is 1.19 bits per heavy atom. The number of rotatable bonds is 11. The second-order valence-corrected chi connectivity index (χ2v) is 24.6. The third kappa shape index (κ3) is 18.0. The van der Waals surface area contributed by atoms with Gasteiger partial charge in [0.25, 0.3) is 17.7 Å². The largest absolute Gasteiger partial charge is 0.494 e. The molecular formula is C64H76BBrN12O12. The summed E-state index contributed by atoms with van der Waals surface area (Å²) in [6.07, 6.45) is 6.36. The standard InChI is InChI=1S/C21H24N4O4.C17H26BNO4.C16H16N4O2.C10H10BrN3O2/c1-6-17-16(11-14(12-22-17)18-24-25(5)20(27)28-18)13-7-9-15(10-8-13)23-19(26)29-21(2,3)4;1-15(2,3)21-14(20)19-13-10-8-12(9-11-13)18-22-16(4,5)17(6,7)23-18;1-3-14-13(10-4-6-12(17)7-5-10)8-11(9-18-14)15-19-20(2)16(21)22-15;1-3-8-7(11)4-6(5-12-8)9-13-14(2)10(15)16-9/h7-12H,6H2,1-5H3,(H,23,26);8-11H,1-7H3,(H,19,20);4-9H,3,17H2,1-2H3;4-5H,3H2,1-2H3. The first-order chi connectivity index (χ1) is 42.2. The van der Waals surface area contributed by atoms with Crippen molar-refractivity contribution < 1.29 is 41.6 Å². The minimum Gasteiger partial charge on any atom is -0.444 e. The van der Waals surface area contributed by atoms with Gasteiger partial charge in [-0.3, -0.25) is 25.6 Å². The van der Waals surface area contributed by atoms with Crippen LogP contribution < -0.4 is 39.1 Å². The molecule has 26 heteroatoms. The summed E-state index contributed by atoms with van der Waals surface area (Å²) < 4.78 is 42.1. The van der Waals surface area contributed by atoms with E-state index in [4.69, 9.17) is 37.8 Å². The number of nitrogens with one attached hydrogen (secondary N) is 2. The number of anilines is 3. The number of nitrogens with two attached hydrogens (primary N) is 1. The number of carbonyl (C=O) groups is 2. The Morgan fingerprint density at radius 2 is 0.867 bits per heavy atom. The SMILES string of the molecule is CC(C)(C)OC(=O)Nc1ccc(B2OC(C)(C)C(C)(C)O2)cc1.CCc1ncc(-c2nn(C)c(=O)o2)cc1-c1ccc(N)cc1.CCc1ncc(-c2nn(C)c(=O)o2)cc1-c1ccc(NC(=O)OC(C)(C)C)cc1.CCc1ncc(-c2nn(C)c(=O)o2)cc1Br. The maximum atomic E-state index is 11.9. The van der Waals surface area contributed by atoms with Crippen molar-refractivity contribution in [2.45, 2.75) is 132 Å². The summed E-state index contributed by atoms with van der Waals surface area (Å²) >= 11 is 3.41. The van der Waals surface area contributed by atoms with E-state index in [0.717, 1.165) is 82.6 Å². The number of amides is 2. The molecule has 0 aliphatic carbocycles. The molecule has 0 radical (unpaired) electrons. The number of aromatic nitrogens is 9. The molecule has 90 heavy (non-hydrogen) atoms. The molecule has 1 aliphatic heterocycles. The summed E-state index contributed by atoms with van der Waals surface area (Å²) in [5, 5.41) is 17.5. The lowest BCUT2D eigenvalue weighted by molar-refractivity contribution is 0.00578. The molecule has 474 valence electrons. The van der Waals surface area contributed by atoms with Gasteiger partial charge in [0.05, 0.1) is 33.6 Å². The molecule has 1 fully saturated rings. The molecule has 9 aromatic rings. The molecule has 3 aromatic carbocycles. The van der Waals surface area contributed by atoms with Crippen molar-refractivity contribution in [2.24, 2.45) is 21.1 Å². The second-order valence-electron chi connectivity index (χ2n) is 23.7. The first-order valence-electron chi connectivity index (χ1n) is 28.9. The fourth-order valence-corrected chi connectivity index (χ4v) is 9.09. The maximum absolute atomic E-state index is 11.9. The maximum Gasteiger partial charge on any atom is 0.494 e. The van der Waals surface area contributed by atoms with Crippen LogP contribution in [0.5, 0.6) is 0 Å². The highest BCUT2D eigenvalue weighted by molar-refractivity contribution is 9.10. The van der Waals surface area contributed by atoms with Crippen LogP contribution in [0.1, 0.15) is 107 Å². The van der Waals surface area contributed by atoms with Crippen molar-refractivity contribution in [1.29, 1.82) is 0 Å². The Kier molecular flexibility index (Phi) is 21.6. The third-order valence-electron chi connectivity index (χ3n) is 13.8. The zero-order valence-electron chi connectivity index (χ0n) is 53.5. The van der Waals surface area contributed by atoms with Crippen LogP contribution in [0.2, 0.25) is 0 Å². The number of hydrogen-bond acceptors (Lipinski definition) is 19. The molecule has 0 bridgehead atoms. The lowest BCUT2D eigenvalue weighted by Gasteiger charge is -2.32. The average Bonchev–Trinajstić information content (AvgIpc) is 1.63. The van der Waals surface area contributed by atoms with Gasteiger partial charge in [0.2, 0.25) is 0 Å². The number of carbonyl (C=O) groups excluding carboxylic acids is 2. The Morgan fingerprint density at radius 1 is 0.533 bits per heavy atom. The van der Waals surface area contributed by atoms with Crippen molar-refractivity contribution in [2.75, 3.05) is 16.4 Å². The van der Waals surface area contributed by atoms with Crippen LogP contribution in [0.4, 0.5) is 26.7 Å². The summed E-state index contributed by atoms with van der Waals surface area (Å²) in [6.45, 7) is 25.1. The summed E-state index contributed by atoms with van der Waals surface area (Å²) in [7, 11) is 4.21. The molecule has 0 atom stereocenters. The molecule has 2 amide bonds. The lowest BCUT2D eigenvalue weighted by atomic mass is 9.79. The van der Waals surface area contributed by atoms with Crippen LogP contribution in [-0.2, 0) is 59.2 Å². The van der Waals surface area contributed by atoms with Gasteiger partial charge in [-0.05, 0) is 176 Å². The number of nitrogen functional groups attached to an aromatic ring is 1. The number of nitrogens with zero attached hydrogens (tertiary/aromatic N) is 9. The van der Waals surface area contributed by atoms with Crippen LogP contribution >= 0.6 is 15.9 Å². The Bertz CT molecular complexity index is 4120. The van der Waals surface area contributed by atoms with Crippen molar-refractivity contribution in [1.82, 2.24) is 44.3 Å². The number of halogens is 1. The van der Waals surface area contributed by atoms with E-state index in [1.807, 2.05) is 169 Å². The predicted molar refractivity (Wildman–Crippen MR) is 348 cm³/mol. The highest BCUT2D eigenvalue weighted by Crippen LogP contribution is 2.37. The van der Waals surface area contributed by atoms with E-state index in [9.17, 15) is 24.0 Å². The zero-order valence-corrected chi connectivity index (χ0v) is 55.1. The van der Waals surface area contributed by atoms with Crippen LogP contribution in [0.15, 0.2) is 142 Å². The quantitative estimate of drug-likeness (QED) is 0.0800. The van der Waals surface area contributed by atoms with Gasteiger partial charge in [-0.15, -0.1) is 15.3 Å². The second kappa shape index (κ2) is 28.5. The molecule has 10 rings (SSSR count). The summed E-state index contributed by atoms with van der Waals surface area (Å²) in [6, 6.07) is 28.0. The van der Waals surface area contributed by atoms with E-state index in [1.165, 1.54) is 14.1 Å². The van der Waals surface area contributed by atoms with E-state index < -0.39 is 47.8 Å². The van der Waals surface area contributed by atoms with Gasteiger partial charge in [-0.25, -0.2) is 24.0 Å². The van der Waals surface area contributed by atoms with E-state index in [1.54, 1.807) is 37.8 Å². The summed E-state index contributed by atoms with van der Waals surface area (Å²) in [5.41, 5.74) is 15.4. The molecule has 1 aliphatic rings. The van der Waals surface area contributed by atoms with Crippen LogP contribution in [0.3, 0.4) is 0 Å². The summed E-state index contributed by atoms with van der Waals surface area (Å²) in [4.78, 5) is 71.0. The molecule has 4 N–H and O–H groups in total. The zero-order chi connectivity index (χ0) is 66.0. The van der Waals surface area contributed by atoms with Crippen molar-refractivity contribution in [3.63, 3.8) is 0 Å². The van der Waals surface area contributed by atoms with Gasteiger partial charge in [-0.1, -0.05) is 57.2 Å².